The van der Waals surface area contributed by atoms with E-state index in [1.807, 2.05) is 24.3 Å². The van der Waals surface area contributed by atoms with E-state index in [2.05, 4.69) is 71.7 Å². The molecule has 152 valence electrons. The average molecular weight is 414 g/mol. The van der Waals surface area contributed by atoms with Gasteiger partial charge in [-0.05, 0) is 48.5 Å². The van der Waals surface area contributed by atoms with Crippen molar-refractivity contribution in [3.63, 3.8) is 0 Å². The number of hydrogen-bond donors (Lipinski definition) is 4. The third-order valence-electron chi connectivity index (χ3n) is 4.29. The van der Waals surface area contributed by atoms with Crippen LogP contribution in [0.5, 0.6) is 0 Å². The summed E-state index contributed by atoms with van der Waals surface area (Å²) in [6.07, 6.45) is 0. The number of hydrogen-bond acceptors (Lipinski definition) is 6. The van der Waals surface area contributed by atoms with Gasteiger partial charge in [-0.15, -0.1) is 0 Å². The number of rotatable bonds is 2. The normalized spacial score (nSPS) is 12.1. The Morgan fingerprint density at radius 3 is 2.03 bits per heavy atom. The van der Waals surface area contributed by atoms with Gasteiger partial charge < -0.3 is 20.9 Å². The molecule has 1 aliphatic heterocycles. The summed E-state index contributed by atoms with van der Waals surface area (Å²) in [6.45, 7) is 0. The van der Waals surface area contributed by atoms with E-state index in [-0.39, 0.29) is 0 Å². The van der Waals surface area contributed by atoms with Gasteiger partial charge >= 0.3 is 10.4 Å². The smallest absolute Gasteiger partial charge is 0.394 e. The van der Waals surface area contributed by atoms with E-state index >= 15 is 0 Å². The van der Waals surface area contributed by atoms with Gasteiger partial charge in [0.05, 0.1) is 22.7 Å². The maximum absolute atomic E-state index is 8.74. The quantitative estimate of drug-likeness (QED) is 0.284. The topological polar surface area (TPSA) is 119 Å². The molecule has 0 radical (unpaired) electrons. The molecule has 5 N–H and O–H groups in total. The second kappa shape index (κ2) is 8.00. The van der Waals surface area contributed by atoms with Gasteiger partial charge in [-0.3, -0.25) is 9.11 Å². The third kappa shape index (κ3) is 4.96. The molecule has 4 rings (SSSR count). The van der Waals surface area contributed by atoms with Crippen molar-refractivity contribution < 1.29 is 17.5 Å². The molecule has 0 saturated carbocycles. The summed E-state index contributed by atoms with van der Waals surface area (Å²) in [4.78, 5) is 4.36. The van der Waals surface area contributed by atoms with Crippen molar-refractivity contribution in [3.05, 3.63) is 66.7 Å². The molecule has 3 aromatic rings. The van der Waals surface area contributed by atoms with E-state index in [1.54, 1.807) is 0 Å². The van der Waals surface area contributed by atoms with Gasteiger partial charge in [0.1, 0.15) is 0 Å². The lowest BCUT2D eigenvalue weighted by Gasteiger charge is -2.35. The molecular formula is C20H22N4O4S. The Hall–Kier alpha value is -3.27. The number of fused-ring (bicyclic) bond motifs is 2. The summed E-state index contributed by atoms with van der Waals surface area (Å²) in [6, 6.07) is 22.8. The second-order valence-electron chi connectivity index (χ2n) is 6.62. The maximum atomic E-state index is 8.74. The minimum Gasteiger partial charge on any atom is -0.399 e. The zero-order chi connectivity index (χ0) is 21.2. The lowest BCUT2D eigenvalue weighted by atomic mass is 10.1. The highest BCUT2D eigenvalue weighted by molar-refractivity contribution is 7.79. The van der Waals surface area contributed by atoms with Gasteiger partial charge in [0.2, 0.25) is 0 Å². The number of benzene rings is 3. The summed E-state index contributed by atoms with van der Waals surface area (Å²) in [5.74, 6) is 0. The van der Waals surface area contributed by atoms with E-state index in [0.29, 0.717) is 0 Å². The first-order chi connectivity index (χ1) is 13.6. The molecule has 0 unspecified atom stereocenters. The van der Waals surface area contributed by atoms with E-state index < -0.39 is 10.4 Å². The monoisotopic (exact) mass is 414 g/mol. The molecule has 0 spiro atoms. The van der Waals surface area contributed by atoms with Gasteiger partial charge in [0.25, 0.3) is 0 Å². The molecule has 9 heteroatoms. The Labute approximate surface area is 169 Å². The highest BCUT2D eigenvalue weighted by Gasteiger charge is 2.24. The number of nitrogen functional groups attached to an aromatic ring is 1. The summed E-state index contributed by atoms with van der Waals surface area (Å²) in [5, 5.41) is 3.52. The molecule has 8 nitrogen and oxygen atoms in total. The van der Waals surface area contributed by atoms with Crippen molar-refractivity contribution in [2.24, 2.45) is 0 Å². The van der Waals surface area contributed by atoms with E-state index in [1.165, 1.54) is 0 Å². The van der Waals surface area contributed by atoms with E-state index in [0.717, 1.165) is 39.8 Å². The fourth-order valence-corrected chi connectivity index (χ4v) is 3.06. The molecule has 1 aliphatic rings. The van der Waals surface area contributed by atoms with Crippen molar-refractivity contribution in [1.82, 2.24) is 0 Å². The molecule has 1 heterocycles. The van der Waals surface area contributed by atoms with Crippen LogP contribution in [-0.4, -0.2) is 31.6 Å². The van der Waals surface area contributed by atoms with Gasteiger partial charge in [0, 0.05) is 31.2 Å². The maximum Gasteiger partial charge on any atom is 0.394 e. The molecule has 0 aliphatic carbocycles. The number of anilines is 7. The van der Waals surface area contributed by atoms with Crippen molar-refractivity contribution >= 4 is 50.2 Å². The summed E-state index contributed by atoms with van der Waals surface area (Å²) < 4.78 is 31.6. The SMILES string of the molecule is CN(C)c1ccc2c(c1)N(c1ccccc1)c1cc(N)ccc1N2.O=S(=O)(O)O. The molecule has 0 amide bonds. The highest BCUT2D eigenvalue weighted by Crippen LogP contribution is 2.49. The lowest BCUT2D eigenvalue weighted by Crippen LogP contribution is -2.19. The predicted molar refractivity (Wildman–Crippen MR) is 117 cm³/mol. The predicted octanol–water partition coefficient (Wildman–Crippen LogP) is 4.21. The molecule has 0 saturated heterocycles. The van der Waals surface area contributed by atoms with E-state index in [9.17, 15) is 0 Å². The van der Waals surface area contributed by atoms with Crippen LogP contribution in [0.15, 0.2) is 66.7 Å². The summed E-state index contributed by atoms with van der Waals surface area (Å²) in [7, 11) is -0.562. The van der Waals surface area contributed by atoms with Crippen molar-refractivity contribution in [1.29, 1.82) is 0 Å². The minimum atomic E-state index is -4.67. The first-order valence-corrected chi connectivity index (χ1v) is 10.1. The van der Waals surface area contributed by atoms with Crippen molar-refractivity contribution in [3.8, 4) is 0 Å². The number of para-hydroxylation sites is 1. The molecule has 0 fully saturated rings. The van der Waals surface area contributed by atoms with Crippen LogP contribution in [-0.2, 0) is 10.4 Å². The molecular weight excluding hydrogens is 392 g/mol. The number of nitrogens with one attached hydrogen (secondary N) is 1. The van der Waals surface area contributed by atoms with Crippen LogP contribution in [0.25, 0.3) is 0 Å². The Bertz CT molecular complexity index is 1110. The summed E-state index contributed by atoms with van der Waals surface area (Å²) in [5.41, 5.74) is 13.4. The Kier molecular flexibility index (Phi) is 5.64. The van der Waals surface area contributed by atoms with Crippen LogP contribution in [0.1, 0.15) is 0 Å². The first kappa shape index (κ1) is 20.5. The second-order valence-corrected chi connectivity index (χ2v) is 7.51. The van der Waals surface area contributed by atoms with Crippen LogP contribution in [0, 0.1) is 0 Å². The van der Waals surface area contributed by atoms with Gasteiger partial charge in [0.15, 0.2) is 0 Å². The van der Waals surface area contributed by atoms with E-state index in [4.69, 9.17) is 23.3 Å². The largest absolute Gasteiger partial charge is 0.399 e. The van der Waals surface area contributed by atoms with Gasteiger partial charge in [-0.1, -0.05) is 18.2 Å². The van der Waals surface area contributed by atoms with Crippen LogP contribution >= 0.6 is 0 Å². The van der Waals surface area contributed by atoms with Gasteiger partial charge in [-0.25, -0.2) is 0 Å². The molecule has 29 heavy (non-hydrogen) atoms. The Balaban J connectivity index is 0.000000431. The standard InChI is InChI=1S/C20H20N4.H2O4S/c1-23(2)16-9-11-18-20(13-16)24(15-6-4-3-5-7-15)19-12-14(21)8-10-17(19)22-18;1-5(2,3)4/h3-13,22H,21H2,1-2H3;(H2,1,2,3,4). The Morgan fingerprint density at radius 2 is 1.45 bits per heavy atom. The van der Waals surface area contributed by atoms with Crippen molar-refractivity contribution in [2.75, 3.05) is 34.9 Å². The lowest BCUT2D eigenvalue weighted by molar-refractivity contribution is 0.381. The van der Waals surface area contributed by atoms with Crippen LogP contribution in [0.4, 0.5) is 39.8 Å². The molecule has 0 atom stereocenters. The van der Waals surface area contributed by atoms with Crippen LogP contribution in [0.2, 0.25) is 0 Å². The number of nitrogens with two attached hydrogens (primary N) is 1. The summed E-state index contributed by atoms with van der Waals surface area (Å²) >= 11 is 0. The minimum absolute atomic E-state index is 0.753. The van der Waals surface area contributed by atoms with Gasteiger partial charge in [-0.2, -0.15) is 8.42 Å². The Morgan fingerprint density at radius 1 is 0.897 bits per heavy atom. The third-order valence-corrected chi connectivity index (χ3v) is 4.29. The molecule has 0 bridgehead atoms. The fraction of sp³-hybridized carbons (Fsp3) is 0.100. The van der Waals surface area contributed by atoms with Crippen LogP contribution in [0.3, 0.4) is 0 Å². The van der Waals surface area contributed by atoms with Crippen LogP contribution < -0.4 is 20.9 Å². The average Bonchev–Trinajstić information content (AvgIpc) is 2.65. The zero-order valence-corrected chi connectivity index (χ0v) is 16.8. The number of nitrogens with zero attached hydrogens (tertiary/aromatic N) is 2. The molecule has 0 aromatic heterocycles. The first-order valence-electron chi connectivity index (χ1n) is 8.66. The highest BCUT2D eigenvalue weighted by atomic mass is 32.3. The fourth-order valence-electron chi connectivity index (χ4n) is 3.06. The molecule has 3 aromatic carbocycles. The van der Waals surface area contributed by atoms with Crippen molar-refractivity contribution in [2.45, 2.75) is 0 Å². The zero-order valence-electron chi connectivity index (χ0n) is 15.9.